The van der Waals surface area contributed by atoms with Crippen LogP contribution in [0.3, 0.4) is 0 Å². The summed E-state index contributed by atoms with van der Waals surface area (Å²) in [6.45, 7) is 6.21. The Morgan fingerprint density at radius 3 is 2.93 bits per heavy atom. The van der Waals surface area contributed by atoms with E-state index in [2.05, 4.69) is 48.8 Å². The fraction of sp³-hybridized carbons (Fsp3) is 0.406. The number of H-pyrrole nitrogens is 1. The number of pyridine rings is 2. The average Bonchev–Trinajstić information content (AvgIpc) is 3.64. The molecule has 1 saturated carbocycles. The Kier molecular flexibility index (Phi) is 7.22. The number of hydrogen-bond donors (Lipinski definition) is 1. The third-order valence-electron chi connectivity index (χ3n) is 8.61. The first kappa shape index (κ1) is 27.7. The first-order valence-corrected chi connectivity index (χ1v) is 15.7. The van der Waals surface area contributed by atoms with E-state index in [0.29, 0.717) is 31.3 Å². The molecule has 222 valence electrons. The summed E-state index contributed by atoms with van der Waals surface area (Å²) in [4.78, 5) is 35.2. The highest BCUT2D eigenvalue weighted by molar-refractivity contribution is 7.17. The molecule has 0 bridgehead atoms. The van der Waals surface area contributed by atoms with E-state index in [1.165, 1.54) is 29.2 Å². The summed E-state index contributed by atoms with van der Waals surface area (Å²) in [6, 6.07) is 9.89. The van der Waals surface area contributed by atoms with Crippen LogP contribution >= 0.6 is 11.3 Å². The second kappa shape index (κ2) is 11.2. The van der Waals surface area contributed by atoms with E-state index in [1.54, 1.807) is 22.1 Å². The van der Waals surface area contributed by atoms with Crippen molar-refractivity contribution in [1.29, 1.82) is 0 Å². The topological polar surface area (TPSA) is 115 Å². The van der Waals surface area contributed by atoms with Gasteiger partial charge in [0.25, 0.3) is 0 Å². The maximum Gasteiger partial charge on any atom is 0.306 e. The minimum Gasteiger partial charge on any atom is -0.487 e. The van der Waals surface area contributed by atoms with Crippen LogP contribution in [0.4, 0.5) is 0 Å². The van der Waals surface area contributed by atoms with Gasteiger partial charge in [-0.05, 0) is 83.8 Å². The third kappa shape index (κ3) is 5.43. The molecule has 0 spiro atoms. The van der Waals surface area contributed by atoms with Crippen molar-refractivity contribution in [2.45, 2.75) is 58.2 Å². The number of carbonyl (C=O) groups excluding carboxylic acids is 1. The number of carbonyl (C=O) groups is 1. The van der Waals surface area contributed by atoms with Crippen LogP contribution in [0.1, 0.15) is 60.1 Å². The molecule has 43 heavy (non-hydrogen) atoms. The van der Waals surface area contributed by atoms with Crippen LogP contribution in [0.15, 0.2) is 46.7 Å². The van der Waals surface area contributed by atoms with Gasteiger partial charge in [-0.15, -0.1) is 16.4 Å². The van der Waals surface area contributed by atoms with E-state index in [1.807, 2.05) is 27.1 Å². The molecule has 0 saturated heterocycles. The summed E-state index contributed by atoms with van der Waals surface area (Å²) in [6.07, 6.45) is 4.45. The number of benzene rings is 1. The number of nitrogens with one attached hydrogen (secondary N) is 1. The lowest BCUT2D eigenvalue weighted by atomic mass is 9.85. The molecule has 0 radical (unpaired) electrons. The highest BCUT2D eigenvalue weighted by atomic mass is 32.1. The maximum absolute atomic E-state index is 13.0. The molecule has 4 aromatic heterocycles. The lowest BCUT2D eigenvalue weighted by molar-refractivity contribution is -0.143. The van der Waals surface area contributed by atoms with Crippen LogP contribution in [0.5, 0.6) is 5.75 Å². The number of aromatic nitrogens is 5. The van der Waals surface area contributed by atoms with Gasteiger partial charge in [0.1, 0.15) is 17.4 Å². The Morgan fingerprint density at radius 1 is 1.26 bits per heavy atom. The van der Waals surface area contributed by atoms with Crippen molar-refractivity contribution in [2.75, 3.05) is 13.2 Å². The van der Waals surface area contributed by atoms with E-state index in [9.17, 15) is 9.59 Å². The second-order valence-corrected chi connectivity index (χ2v) is 12.5. The van der Waals surface area contributed by atoms with Gasteiger partial charge in [0, 0.05) is 49.6 Å². The predicted octanol–water partition coefficient (Wildman–Crippen LogP) is 4.83. The molecule has 7 rings (SSSR count). The minimum atomic E-state index is -0.273. The smallest absolute Gasteiger partial charge is 0.306 e. The molecule has 10 nitrogen and oxygen atoms in total. The van der Waals surface area contributed by atoms with Gasteiger partial charge in [0.2, 0.25) is 5.56 Å². The van der Waals surface area contributed by atoms with Gasteiger partial charge >= 0.3 is 5.97 Å². The zero-order valence-corrected chi connectivity index (χ0v) is 25.3. The standard InChI is InChI=1S/C32H34N6O4S/c1-4-41-29(40)13-23(24-14-33-32-30(18(24)2)35-36-37(32)3)21-11-20-9-10-43-31(20)22(12-21)15-38-16-25-26(7-8-28(39)34-25)42-27(17-38)19-5-6-19/h7-12,14,19,23,27H,4-6,13,15-17H2,1-3H3,(H,34,39)/t23-,27+/m1/s1. The van der Waals surface area contributed by atoms with Crippen LogP contribution in [0, 0.1) is 12.8 Å². The van der Waals surface area contributed by atoms with Crippen LogP contribution in [-0.4, -0.2) is 55.1 Å². The molecular weight excluding hydrogens is 564 g/mol. The number of nitrogens with zero attached hydrogens (tertiary/aromatic N) is 5. The summed E-state index contributed by atoms with van der Waals surface area (Å²) in [5.74, 6) is 0.778. The van der Waals surface area contributed by atoms with Crippen LogP contribution in [0.25, 0.3) is 21.3 Å². The van der Waals surface area contributed by atoms with Crippen molar-refractivity contribution < 1.29 is 14.3 Å². The molecule has 5 heterocycles. The van der Waals surface area contributed by atoms with Gasteiger partial charge in [-0.25, -0.2) is 9.67 Å². The number of aromatic amines is 1. The number of ether oxygens (including phenoxy) is 2. The quantitative estimate of drug-likeness (QED) is 0.253. The highest BCUT2D eigenvalue weighted by Gasteiger charge is 2.36. The third-order valence-corrected chi connectivity index (χ3v) is 9.62. The summed E-state index contributed by atoms with van der Waals surface area (Å²) in [7, 11) is 1.82. The molecule has 0 unspecified atom stereocenters. The molecule has 1 aromatic carbocycles. The van der Waals surface area contributed by atoms with Crippen molar-refractivity contribution >= 4 is 38.6 Å². The fourth-order valence-corrected chi connectivity index (χ4v) is 7.19. The average molecular weight is 599 g/mol. The molecule has 1 aliphatic carbocycles. The largest absolute Gasteiger partial charge is 0.487 e. The molecule has 1 aliphatic heterocycles. The second-order valence-electron chi connectivity index (χ2n) is 11.6. The zero-order chi connectivity index (χ0) is 29.7. The van der Waals surface area contributed by atoms with Crippen molar-refractivity contribution in [3.8, 4) is 5.75 Å². The van der Waals surface area contributed by atoms with Crippen molar-refractivity contribution in [3.63, 3.8) is 0 Å². The first-order valence-electron chi connectivity index (χ1n) is 14.8. The predicted molar refractivity (Wildman–Crippen MR) is 164 cm³/mol. The van der Waals surface area contributed by atoms with E-state index in [0.717, 1.165) is 45.6 Å². The van der Waals surface area contributed by atoms with Gasteiger partial charge in [0.05, 0.1) is 18.7 Å². The molecule has 1 fully saturated rings. The normalized spacial score (nSPS) is 17.9. The molecule has 11 heteroatoms. The highest BCUT2D eigenvalue weighted by Crippen LogP contribution is 2.40. The van der Waals surface area contributed by atoms with Crippen LogP contribution < -0.4 is 10.3 Å². The van der Waals surface area contributed by atoms with Crippen molar-refractivity contribution in [1.82, 2.24) is 29.9 Å². The molecular formula is C32H34N6O4S. The van der Waals surface area contributed by atoms with Crippen LogP contribution in [0.2, 0.25) is 0 Å². The summed E-state index contributed by atoms with van der Waals surface area (Å²) in [5.41, 5.74) is 6.22. The summed E-state index contributed by atoms with van der Waals surface area (Å²) >= 11 is 1.72. The van der Waals surface area contributed by atoms with Crippen molar-refractivity contribution in [2.24, 2.45) is 13.0 Å². The van der Waals surface area contributed by atoms with E-state index in [4.69, 9.17) is 9.47 Å². The number of hydrogen-bond acceptors (Lipinski definition) is 9. The Labute approximate surface area is 252 Å². The molecule has 1 N–H and O–H groups in total. The number of fused-ring (bicyclic) bond motifs is 3. The monoisotopic (exact) mass is 598 g/mol. The fourth-order valence-electron chi connectivity index (χ4n) is 6.30. The summed E-state index contributed by atoms with van der Waals surface area (Å²) < 4.78 is 14.7. The minimum absolute atomic E-state index is 0.0816. The SMILES string of the molecule is CCOC(=O)C[C@H](c1cc(CN2Cc3[nH]c(=O)ccc3O[C@H](C3CC3)C2)c2sccc2c1)c1cnc2c(nnn2C)c1C. The van der Waals surface area contributed by atoms with Gasteiger partial charge < -0.3 is 14.5 Å². The number of esters is 1. The van der Waals surface area contributed by atoms with Crippen LogP contribution in [-0.2, 0) is 29.7 Å². The number of aryl methyl sites for hydroxylation is 2. The van der Waals surface area contributed by atoms with Gasteiger partial charge in [0.15, 0.2) is 5.65 Å². The molecule has 5 aromatic rings. The van der Waals surface area contributed by atoms with Gasteiger partial charge in [-0.3, -0.25) is 14.5 Å². The Bertz CT molecular complexity index is 1890. The molecule has 2 atom stereocenters. The van der Waals surface area contributed by atoms with E-state index in [-0.39, 0.29) is 30.0 Å². The lowest BCUT2D eigenvalue weighted by Crippen LogP contribution is -2.34. The Hall–Kier alpha value is -4.09. The molecule has 2 aliphatic rings. The van der Waals surface area contributed by atoms with E-state index < -0.39 is 0 Å². The molecule has 0 amide bonds. The number of thiophene rings is 1. The van der Waals surface area contributed by atoms with Gasteiger partial charge in [-0.1, -0.05) is 11.3 Å². The Balaban J connectivity index is 1.29. The maximum atomic E-state index is 13.0. The first-order chi connectivity index (χ1) is 20.9. The summed E-state index contributed by atoms with van der Waals surface area (Å²) in [5, 5.41) is 11.8. The lowest BCUT2D eigenvalue weighted by Gasteiger charge is -2.25. The number of rotatable bonds is 8. The zero-order valence-electron chi connectivity index (χ0n) is 24.5. The Morgan fingerprint density at radius 2 is 2.12 bits per heavy atom. The van der Waals surface area contributed by atoms with Gasteiger partial charge in [-0.2, -0.15) is 0 Å². The van der Waals surface area contributed by atoms with Crippen molar-refractivity contribution in [3.05, 3.63) is 80.2 Å². The van der Waals surface area contributed by atoms with E-state index >= 15 is 0 Å².